The van der Waals surface area contributed by atoms with E-state index in [1.54, 1.807) is 24.0 Å². The monoisotopic (exact) mass is 753 g/mol. The first kappa shape index (κ1) is 39.7. The Kier molecular flexibility index (Phi) is 13.9. The van der Waals surface area contributed by atoms with Gasteiger partial charge in [-0.3, -0.25) is 0 Å². The zero-order chi connectivity index (χ0) is 38.0. The number of carbonyl (C=O) groups is 1. The summed E-state index contributed by atoms with van der Waals surface area (Å²) in [5.41, 5.74) is 11.0. The summed E-state index contributed by atoms with van der Waals surface area (Å²) in [6.45, 7) is 10.3. The van der Waals surface area contributed by atoms with Crippen LogP contribution in [0.25, 0.3) is 16.6 Å². The highest BCUT2D eigenvalue weighted by molar-refractivity contribution is 6.33. The van der Waals surface area contributed by atoms with Crippen LogP contribution in [0.5, 0.6) is 5.88 Å². The third kappa shape index (κ3) is 11.5. The number of hydrogen-bond donors (Lipinski definition) is 3. The van der Waals surface area contributed by atoms with Gasteiger partial charge in [0.2, 0.25) is 5.88 Å². The number of carbonyl (C=O) groups excluding carboxylic acids is 1. The molecule has 0 aliphatic heterocycles. The highest BCUT2D eigenvalue weighted by Gasteiger charge is 2.26. The van der Waals surface area contributed by atoms with Crippen LogP contribution in [0, 0.1) is 12.7 Å². The number of amidine groups is 1. The van der Waals surface area contributed by atoms with Gasteiger partial charge >= 0.3 is 6.09 Å². The van der Waals surface area contributed by atoms with Crippen molar-refractivity contribution in [1.82, 2.24) is 19.9 Å². The summed E-state index contributed by atoms with van der Waals surface area (Å²) in [4.78, 5) is 21.4. The molecule has 0 atom stereocenters. The van der Waals surface area contributed by atoms with E-state index in [1.165, 1.54) is 18.2 Å². The van der Waals surface area contributed by atoms with Crippen LogP contribution in [0.2, 0.25) is 5.02 Å². The van der Waals surface area contributed by atoms with Crippen molar-refractivity contribution >= 4 is 40.4 Å². The Labute approximate surface area is 314 Å². The van der Waals surface area contributed by atoms with E-state index in [4.69, 9.17) is 41.0 Å². The Morgan fingerprint density at radius 1 is 1.02 bits per heavy atom. The number of nitrogens with zero attached hydrogens (tertiary/aromatic N) is 4. The molecule has 0 radical (unpaired) electrons. The van der Waals surface area contributed by atoms with Gasteiger partial charge < -0.3 is 40.1 Å². The minimum Gasteiger partial charge on any atom is -0.475 e. The van der Waals surface area contributed by atoms with E-state index < -0.39 is 17.5 Å². The van der Waals surface area contributed by atoms with E-state index in [0.717, 1.165) is 53.6 Å². The third-order valence-electron chi connectivity index (χ3n) is 8.54. The smallest absolute Gasteiger partial charge is 0.407 e. The molecule has 0 bridgehead atoms. The maximum absolute atomic E-state index is 14.1. The van der Waals surface area contributed by atoms with Gasteiger partial charge in [-0.1, -0.05) is 11.6 Å². The molecule has 15 heteroatoms. The lowest BCUT2D eigenvalue weighted by Crippen LogP contribution is -2.42. The zero-order valence-corrected chi connectivity index (χ0v) is 31.7. The number of anilines is 1. The predicted molar refractivity (Wildman–Crippen MR) is 203 cm³/mol. The van der Waals surface area contributed by atoms with Gasteiger partial charge in [0.25, 0.3) is 0 Å². The van der Waals surface area contributed by atoms with E-state index in [-0.39, 0.29) is 28.6 Å². The fraction of sp³-hybridized carbons (Fsp3) is 0.474. The van der Waals surface area contributed by atoms with E-state index in [1.807, 2.05) is 46.0 Å². The summed E-state index contributed by atoms with van der Waals surface area (Å²) in [6.07, 6.45) is 8.01. The molecule has 3 heterocycles. The van der Waals surface area contributed by atoms with E-state index in [2.05, 4.69) is 25.7 Å². The number of aliphatic imine (C=N–C) groups is 1. The van der Waals surface area contributed by atoms with Crippen LogP contribution in [-0.4, -0.2) is 91.0 Å². The molecule has 1 aromatic carbocycles. The van der Waals surface area contributed by atoms with Gasteiger partial charge in [-0.2, -0.15) is 5.10 Å². The summed E-state index contributed by atoms with van der Waals surface area (Å²) in [7, 11) is 1.63. The molecule has 1 aliphatic rings. The predicted octanol–water partition coefficient (Wildman–Crippen LogP) is 6.84. The SMILES string of the molecule is COCCOCCOCCOc1cc(C)c(-c2cc3c(N[C@H]4CC[C@H](NC(=O)OC(C)(C)C)CC4)c(C(N)=Nc4cc(F)ccc4Cl)cnn3c2)cn1. The number of aromatic nitrogens is 3. The number of pyridine rings is 1. The lowest BCUT2D eigenvalue weighted by Gasteiger charge is -2.31. The molecule has 1 aliphatic carbocycles. The van der Waals surface area contributed by atoms with Gasteiger partial charge in [-0.25, -0.2) is 23.7 Å². The highest BCUT2D eigenvalue weighted by atomic mass is 35.5. The van der Waals surface area contributed by atoms with E-state index in [9.17, 15) is 9.18 Å². The van der Waals surface area contributed by atoms with Crippen molar-refractivity contribution in [2.75, 3.05) is 52.1 Å². The Hall–Kier alpha value is -4.50. The fourth-order valence-electron chi connectivity index (χ4n) is 5.95. The van der Waals surface area contributed by atoms with Crippen LogP contribution >= 0.6 is 11.6 Å². The number of nitrogens with one attached hydrogen (secondary N) is 2. The lowest BCUT2D eigenvalue weighted by molar-refractivity contribution is 0.0176. The van der Waals surface area contributed by atoms with Crippen LogP contribution in [0.15, 0.2) is 53.9 Å². The van der Waals surface area contributed by atoms with Crippen LogP contribution in [0.3, 0.4) is 0 Å². The molecule has 53 heavy (non-hydrogen) atoms. The molecule has 1 saturated carbocycles. The van der Waals surface area contributed by atoms with Gasteiger partial charge in [0.15, 0.2) is 0 Å². The molecular weight excluding hydrogens is 705 g/mol. The second-order valence-electron chi connectivity index (χ2n) is 13.8. The van der Waals surface area contributed by atoms with Crippen LogP contribution in [0.4, 0.5) is 20.6 Å². The third-order valence-corrected chi connectivity index (χ3v) is 8.86. The number of halogens is 2. The molecule has 4 N–H and O–H groups in total. The maximum atomic E-state index is 14.1. The lowest BCUT2D eigenvalue weighted by atomic mass is 9.91. The summed E-state index contributed by atoms with van der Waals surface area (Å²) >= 11 is 6.34. The van der Waals surface area contributed by atoms with Crippen molar-refractivity contribution in [3.63, 3.8) is 0 Å². The largest absolute Gasteiger partial charge is 0.475 e. The van der Waals surface area contributed by atoms with Crippen LogP contribution in [0.1, 0.15) is 57.6 Å². The molecule has 0 unspecified atom stereocenters. The quantitative estimate of drug-likeness (QED) is 0.0629. The summed E-state index contributed by atoms with van der Waals surface area (Å²) in [6, 6.07) is 7.91. The van der Waals surface area contributed by atoms with Gasteiger partial charge in [-0.15, -0.1) is 0 Å². The minimum absolute atomic E-state index is 0.00210. The topological polar surface area (TPSA) is 156 Å². The number of ether oxygens (including phenoxy) is 5. The first-order valence-electron chi connectivity index (χ1n) is 17.7. The second kappa shape index (κ2) is 18.5. The number of methoxy groups -OCH3 is 1. The van der Waals surface area contributed by atoms with Crippen molar-refractivity contribution in [3.05, 3.63) is 70.9 Å². The fourth-order valence-corrected chi connectivity index (χ4v) is 6.11. The average molecular weight is 754 g/mol. The number of amides is 1. The van der Waals surface area contributed by atoms with Crippen LogP contribution in [-0.2, 0) is 18.9 Å². The number of alkyl carbamates (subject to hydrolysis) is 1. The summed E-state index contributed by atoms with van der Waals surface area (Å²) in [5, 5.41) is 11.6. The standard InChI is InChI=1S/C38H49ClFN7O6/c1-24-18-34(52-17-16-51-15-14-50-13-12-49-5)42-21-29(24)25-19-33-35(44-27-7-9-28(10-8-27)45-37(48)53-38(2,3)4)30(22-43-47(33)23-25)36(41)46-32-20-26(40)6-11-31(32)39/h6,11,18-23,27-28,44H,7-10,12-17H2,1-5H3,(H2,41,46)(H,45,48)/t27-,28-. The van der Waals surface area contributed by atoms with Crippen molar-refractivity contribution in [3.8, 4) is 17.0 Å². The number of fused-ring (bicyclic) bond motifs is 1. The molecule has 4 aromatic rings. The first-order valence-corrected chi connectivity index (χ1v) is 18.1. The van der Waals surface area contributed by atoms with E-state index >= 15 is 0 Å². The molecule has 3 aromatic heterocycles. The van der Waals surface area contributed by atoms with Crippen molar-refractivity contribution < 1.29 is 32.9 Å². The second-order valence-corrected chi connectivity index (χ2v) is 14.2. The van der Waals surface area contributed by atoms with Crippen molar-refractivity contribution in [2.24, 2.45) is 10.7 Å². The maximum Gasteiger partial charge on any atom is 0.407 e. The average Bonchev–Trinajstić information content (AvgIpc) is 3.54. The number of nitrogens with two attached hydrogens (primary N) is 1. The summed E-state index contributed by atoms with van der Waals surface area (Å²) < 4.78 is 43.1. The zero-order valence-electron chi connectivity index (χ0n) is 30.9. The van der Waals surface area contributed by atoms with Gasteiger partial charge in [0.1, 0.15) is 23.9 Å². The van der Waals surface area contributed by atoms with Gasteiger partial charge in [0, 0.05) is 54.8 Å². The minimum atomic E-state index is -0.570. The normalized spacial score (nSPS) is 16.5. The molecular formula is C38H49ClFN7O6. The Morgan fingerprint density at radius 3 is 2.42 bits per heavy atom. The number of benzene rings is 1. The number of rotatable bonds is 16. The number of hydrogen-bond acceptors (Lipinski definition) is 10. The Morgan fingerprint density at radius 2 is 1.72 bits per heavy atom. The van der Waals surface area contributed by atoms with Crippen LogP contribution < -0.4 is 21.1 Å². The highest BCUT2D eigenvalue weighted by Crippen LogP contribution is 2.34. The Balaban J connectivity index is 1.34. The Bertz CT molecular complexity index is 1870. The van der Waals surface area contributed by atoms with E-state index in [0.29, 0.717) is 51.1 Å². The van der Waals surface area contributed by atoms with Gasteiger partial charge in [-0.05, 0) is 77.1 Å². The first-order chi connectivity index (χ1) is 25.4. The molecule has 0 spiro atoms. The summed E-state index contributed by atoms with van der Waals surface area (Å²) in [5.74, 6) is 0.142. The van der Waals surface area contributed by atoms with Crippen molar-refractivity contribution in [2.45, 2.75) is 71.1 Å². The number of aryl methyl sites for hydroxylation is 1. The molecule has 13 nitrogen and oxygen atoms in total. The molecule has 5 rings (SSSR count). The molecule has 286 valence electrons. The molecule has 1 fully saturated rings. The molecule has 1 amide bonds. The molecule has 0 saturated heterocycles. The van der Waals surface area contributed by atoms with Crippen molar-refractivity contribution in [1.29, 1.82) is 0 Å². The van der Waals surface area contributed by atoms with Gasteiger partial charge in [0.05, 0.1) is 66.7 Å².